The maximum atomic E-state index is 12.1. The van der Waals surface area contributed by atoms with Crippen LogP contribution >= 0.6 is 46.4 Å². The molecule has 3 aromatic carbocycles. The zero-order valence-electron chi connectivity index (χ0n) is 16.2. The summed E-state index contributed by atoms with van der Waals surface area (Å²) in [7, 11) is 0. The number of rotatable bonds is 6. The summed E-state index contributed by atoms with van der Waals surface area (Å²) in [5.74, 6) is -0.911. The third-order valence-electron chi connectivity index (χ3n) is 4.05. The van der Waals surface area contributed by atoms with Crippen LogP contribution in [0.15, 0.2) is 70.9 Å². The summed E-state index contributed by atoms with van der Waals surface area (Å²) in [6.45, 7) is 0. The zero-order chi connectivity index (χ0) is 23.1. The van der Waals surface area contributed by atoms with Gasteiger partial charge in [-0.3, -0.25) is 9.59 Å². The normalized spacial score (nSPS) is 11.1. The van der Waals surface area contributed by atoms with E-state index in [0.29, 0.717) is 10.0 Å². The van der Waals surface area contributed by atoms with Gasteiger partial charge in [0.15, 0.2) is 0 Å². The highest BCUT2D eigenvalue weighted by Crippen LogP contribution is 2.21. The van der Waals surface area contributed by atoms with E-state index in [0.717, 1.165) is 11.1 Å². The maximum Gasteiger partial charge on any atom is 0.272 e. The Hall–Kier alpha value is -2.90. The molecule has 0 fully saturated rings. The molecule has 0 aliphatic rings. The van der Waals surface area contributed by atoms with Crippen molar-refractivity contribution in [3.8, 4) is 0 Å². The number of nitrogens with one attached hydrogen (secondary N) is 2. The first-order valence-electron chi connectivity index (χ1n) is 9.00. The summed E-state index contributed by atoms with van der Waals surface area (Å²) in [5, 5.41) is 9.18. The van der Waals surface area contributed by atoms with E-state index in [-0.39, 0.29) is 21.2 Å². The van der Waals surface area contributed by atoms with Crippen LogP contribution in [0.3, 0.4) is 0 Å². The summed E-state index contributed by atoms with van der Waals surface area (Å²) in [6, 6.07) is 16.2. The van der Waals surface area contributed by atoms with Crippen molar-refractivity contribution in [2.24, 2.45) is 10.2 Å². The minimum absolute atomic E-state index is 0.235. The van der Waals surface area contributed by atoms with E-state index in [1.807, 2.05) is 0 Å². The summed E-state index contributed by atoms with van der Waals surface area (Å²) in [4.78, 5) is 24.2. The molecule has 0 saturated heterocycles. The average Bonchev–Trinajstić information content (AvgIpc) is 2.74. The van der Waals surface area contributed by atoms with E-state index in [1.165, 1.54) is 36.7 Å². The van der Waals surface area contributed by atoms with Crippen LogP contribution in [0.4, 0.5) is 0 Å². The first-order chi connectivity index (χ1) is 15.3. The summed E-state index contributed by atoms with van der Waals surface area (Å²) < 4.78 is 0. The van der Waals surface area contributed by atoms with Crippen molar-refractivity contribution < 1.29 is 9.59 Å². The van der Waals surface area contributed by atoms with Gasteiger partial charge >= 0.3 is 0 Å². The lowest BCUT2D eigenvalue weighted by atomic mass is 10.2. The Morgan fingerprint density at radius 3 is 1.34 bits per heavy atom. The third kappa shape index (κ3) is 6.55. The number of hydrogen-bond acceptors (Lipinski definition) is 4. The van der Waals surface area contributed by atoms with Gasteiger partial charge in [-0.05, 0) is 47.5 Å². The van der Waals surface area contributed by atoms with Crippen LogP contribution < -0.4 is 10.9 Å². The van der Waals surface area contributed by atoms with Gasteiger partial charge in [0.1, 0.15) is 0 Å². The molecular weight excluding hydrogens is 494 g/mol. The molecule has 2 N–H and O–H groups in total. The number of benzene rings is 3. The lowest BCUT2D eigenvalue weighted by Gasteiger charge is -2.03. The van der Waals surface area contributed by atoms with E-state index >= 15 is 0 Å². The van der Waals surface area contributed by atoms with Crippen molar-refractivity contribution in [2.75, 3.05) is 0 Å². The summed E-state index contributed by atoms with van der Waals surface area (Å²) >= 11 is 23.6. The number of halogens is 4. The van der Waals surface area contributed by atoms with Crippen molar-refractivity contribution in [1.29, 1.82) is 0 Å². The van der Waals surface area contributed by atoms with Crippen LogP contribution in [-0.2, 0) is 0 Å². The number of hydrogen-bond donors (Lipinski definition) is 2. The fourth-order valence-corrected chi connectivity index (χ4v) is 3.46. The molecule has 3 aromatic rings. The molecule has 0 aliphatic heterocycles. The lowest BCUT2D eigenvalue weighted by molar-refractivity contribution is 0.0947. The molecular formula is C22H14Cl4N4O2. The van der Waals surface area contributed by atoms with Crippen molar-refractivity contribution in [1.82, 2.24) is 10.9 Å². The minimum Gasteiger partial charge on any atom is -0.267 e. The monoisotopic (exact) mass is 506 g/mol. The number of carbonyl (C=O) groups is 2. The molecule has 3 rings (SSSR count). The molecule has 6 nitrogen and oxygen atoms in total. The van der Waals surface area contributed by atoms with Gasteiger partial charge in [-0.15, -0.1) is 0 Å². The number of amides is 2. The second kappa shape index (κ2) is 11.1. The Morgan fingerprint density at radius 2 is 1.00 bits per heavy atom. The van der Waals surface area contributed by atoms with Gasteiger partial charge in [0.25, 0.3) is 11.8 Å². The fourth-order valence-electron chi connectivity index (χ4n) is 2.47. The Bertz CT molecular complexity index is 1120. The van der Waals surface area contributed by atoms with Crippen molar-refractivity contribution in [3.05, 3.63) is 103 Å². The van der Waals surface area contributed by atoms with Crippen LogP contribution in [-0.4, -0.2) is 24.2 Å². The predicted octanol–water partition coefficient (Wildman–Crippen LogP) is 5.83. The molecule has 0 aliphatic carbocycles. The third-order valence-corrected chi connectivity index (χ3v) is 5.14. The molecule has 0 spiro atoms. The molecule has 162 valence electrons. The van der Waals surface area contributed by atoms with Crippen LogP contribution in [0.25, 0.3) is 0 Å². The molecule has 0 bridgehead atoms. The van der Waals surface area contributed by atoms with E-state index in [1.54, 1.807) is 36.4 Å². The van der Waals surface area contributed by atoms with Gasteiger partial charge in [0.05, 0.1) is 33.6 Å². The molecule has 2 amide bonds. The average molecular weight is 508 g/mol. The Balaban J connectivity index is 1.54. The topological polar surface area (TPSA) is 82.9 Å². The second-order valence-electron chi connectivity index (χ2n) is 6.31. The molecule has 32 heavy (non-hydrogen) atoms. The molecule has 0 unspecified atom stereocenters. The van der Waals surface area contributed by atoms with Crippen LogP contribution in [0, 0.1) is 0 Å². The van der Waals surface area contributed by atoms with E-state index < -0.39 is 11.8 Å². The highest BCUT2D eigenvalue weighted by Gasteiger charge is 2.10. The summed E-state index contributed by atoms with van der Waals surface area (Å²) in [5.41, 5.74) is 6.81. The minimum atomic E-state index is -0.455. The molecule has 0 aromatic heterocycles. The first-order valence-corrected chi connectivity index (χ1v) is 10.5. The van der Waals surface area contributed by atoms with Crippen LogP contribution in [0.2, 0.25) is 20.1 Å². The first kappa shape index (κ1) is 23.8. The van der Waals surface area contributed by atoms with Crippen LogP contribution in [0.1, 0.15) is 31.8 Å². The summed E-state index contributed by atoms with van der Waals surface area (Å²) in [6.07, 6.45) is 2.96. The highest BCUT2D eigenvalue weighted by molar-refractivity contribution is 6.37. The standard InChI is InChI=1S/C22H14Cl4N4O2/c23-15-5-7-17(19(25)9-15)21(31)29-27-11-13-1-2-14(4-3-13)12-28-30-22(32)18-8-6-16(24)10-20(18)26/h1-12H,(H,29,31)(H,30,32)/b27-11+,28-12+. The van der Waals surface area contributed by atoms with Gasteiger partial charge in [-0.2, -0.15) is 10.2 Å². The smallest absolute Gasteiger partial charge is 0.267 e. The highest BCUT2D eigenvalue weighted by atomic mass is 35.5. The predicted molar refractivity (Wildman–Crippen MR) is 129 cm³/mol. The Morgan fingerprint density at radius 1 is 0.625 bits per heavy atom. The SMILES string of the molecule is O=C(N/N=C/c1ccc(/C=N/NC(=O)c2ccc(Cl)cc2Cl)cc1)c1ccc(Cl)cc1Cl. The second-order valence-corrected chi connectivity index (χ2v) is 8.00. The van der Waals surface area contributed by atoms with Crippen molar-refractivity contribution >= 4 is 70.6 Å². The lowest BCUT2D eigenvalue weighted by Crippen LogP contribution is -2.18. The van der Waals surface area contributed by atoms with Gasteiger partial charge in [-0.1, -0.05) is 70.7 Å². The number of carbonyl (C=O) groups excluding carboxylic acids is 2. The van der Waals surface area contributed by atoms with E-state index in [9.17, 15) is 9.59 Å². The van der Waals surface area contributed by atoms with Crippen molar-refractivity contribution in [2.45, 2.75) is 0 Å². The van der Waals surface area contributed by atoms with Gasteiger partial charge in [0, 0.05) is 10.0 Å². The largest absolute Gasteiger partial charge is 0.272 e. The molecule has 10 heteroatoms. The van der Waals surface area contributed by atoms with E-state index in [4.69, 9.17) is 46.4 Å². The molecule has 0 heterocycles. The van der Waals surface area contributed by atoms with Gasteiger partial charge in [-0.25, -0.2) is 10.9 Å². The Kier molecular flexibility index (Phi) is 8.25. The molecule has 0 atom stereocenters. The van der Waals surface area contributed by atoms with Crippen molar-refractivity contribution in [3.63, 3.8) is 0 Å². The quantitative estimate of drug-likeness (QED) is 0.325. The van der Waals surface area contributed by atoms with Gasteiger partial charge in [0.2, 0.25) is 0 Å². The van der Waals surface area contributed by atoms with E-state index in [2.05, 4.69) is 21.1 Å². The zero-order valence-corrected chi connectivity index (χ0v) is 19.2. The molecule has 0 saturated carbocycles. The van der Waals surface area contributed by atoms with Gasteiger partial charge < -0.3 is 0 Å². The molecule has 0 radical (unpaired) electrons. The fraction of sp³-hybridized carbons (Fsp3) is 0. The number of hydrazone groups is 2. The maximum absolute atomic E-state index is 12.1. The Labute approximate surface area is 203 Å². The van der Waals surface area contributed by atoms with Crippen LogP contribution in [0.5, 0.6) is 0 Å². The number of nitrogens with zero attached hydrogens (tertiary/aromatic N) is 2.